The number of carbonyl (C=O) groups is 2. The van der Waals surface area contributed by atoms with Crippen molar-refractivity contribution >= 4 is 84.7 Å². The summed E-state index contributed by atoms with van der Waals surface area (Å²) in [6.07, 6.45) is 0. The SMILES string of the molecule is Cc1ccc(C(=O)c2cc(-c3ccc(N4c5ccccc5C(C)(C)c5cc(-c6cccc7c6C(C)(C)c6ccccc6N7c6ccc7c(=O)c8ccccc8oc7c6)ccc54)cc3)c(C(=O)c3ccc(C)cc3)cc2-c2ccc(N3c4ccccc4C(C)(C)c4ccccc43)cc2)cc1. The third-order valence-corrected chi connectivity index (χ3v) is 21.4. The molecule has 0 atom stereocenters. The number of benzene rings is 13. The van der Waals surface area contributed by atoms with Gasteiger partial charge in [0.25, 0.3) is 0 Å². The molecule has 13 aromatic carbocycles. The van der Waals surface area contributed by atoms with Gasteiger partial charge >= 0.3 is 0 Å². The van der Waals surface area contributed by atoms with Crippen molar-refractivity contribution in [2.24, 2.45) is 0 Å². The number of hydrogen-bond acceptors (Lipinski definition) is 7. The molecule has 0 N–H and O–H groups in total. The van der Waals surface area contributed by atoms with Gasteiger partial charge < -0.3 is 19.1 Å². The van der Waals surface area contributed by atoms with Crippen molar-refractivity contribution in [2.45, 2.75) is 71.6 Å². The van der Waals surface area contributed by atoms with Crippen molar-refractivity contribution in [1.82, 2.24) is 0 Å². The molecule has 17 rings (SSSR count). The van der Waals surface area contributed by atoms with Crippen LogP contribution in [0.2, 0.25) is 0 Å². The van der Waals surface area contributed by atoms with Gasteiger partial charge in [0.1, 0.15) is 11.2 Å². The number of anilines is 9. The second kappa shape index (κ2) is 22.9. The number of aryl methyl sites for hydroxylation is 2. The third-order valence-electron chi connectivity index (χ3n) is 21.4. The quantitative estimate of drug-likeness (QED) is 0.0998. The molecule has 478 valence electrons. The summed E-state index contributed by atoms with van der Waals surface area (Å²) in [5.74, 6) is -0.276. The molecule has 0 aliphatic carbocycles. The number of fused-ring (bicyclic) bond motifs is 8. The second-order valence-corrected chi connectivity index (χ2v) is 28.4. The van der Waals surface area contributed by atoms with Gasteiger partial charge in [0.05, 0.1) is 44.9 Å². The normalized spacial score (nSPS) is 14.4. The van der Waals surface area contributed by atoms with Gasteiger partial charge in [-0.2, -0.15) is 0 Å². The number of para-hydroxylation sites is 5. The minimum Gasteiger partial charge on any atom is -0.456 e. The van der Waals surface area contributed by atoms with E-state index in [0.717, 1.165) is 84.6 Å². The molecule has 1 aromatic heterocycles. The summed E-state index contributed by atoms with van der Waals surface area (Å²) in [5.41, 5.74) is 25.9. The van der Waals surface area contributed by atoms with E-state index in [-0.39, 0.29) is 22.4 Å². The molecule has 0 amide bonds. The van der Waals surface area contributed by atoms with E-state index in [1.165, 1.54) is 33.4 Å². The first kappa shape index (κ1) is 60.7. The average molecular weight is 1280 g/mol. The van der Waals surface area contributed by atoms with Gasteiger partial charge in [-0.25, -0.2) is 0 Å². The lowest BCUT2D eigenvalue weighted by atomic mass is 9.69. The molecule has 7 heteroatoms. The van der Waals surface area contributed by atoms with Crippen LogP contribution in [0.15, 0.2) is 294 Å². The molecule has 7 nitrogen and oxygen atoms in total. The lowest BCUT2D eigenvalue weighted by Gasteiger charge is -2.44. The Morgan fingerprint density at radius 1 is 0.313 bits per heavy atom. The van der Waals surface area contributed by atoms with Crippen LogP contribution in [-0.2, 0) is 16.2 Å². The van der Waals surface area contributed by atoms with Crippen LogP contribution in [-0.4, -0.2) is 11.6 Å². The summed E-state index contributed by atoms with van der Waals surface area (Å²) in [6.45, 7) is 17.9. The van der Waals surface area contributed by atoms with E-state index in [0.29, 0.717) is 55.3 Å². The van der Waals surface area contributed by atoms with Gasteiger partial charge in [0, 0.05) is 61.6 Å². The summed E-state index contributed by atoms with van der Waals surface area (Å²) in [4.78, 5) is 51.8. The van der Waals surface area contributed by atoms with Gasteiger partial charge in [-0.05, 0) is 184 Å². The molecule has 99 heavy (non-hydrogen) atoms. The molecule has 0 spiro atoms. The summed E-state index contributed by atoms with van der Waals surface area (Å²) in [7, 11) is 0. The number of rotatable bonds is 10. The Hall–Kier alpha value is -11.9. The largest absolute Gasteiger partial charge is 0.456 e. The lowest BCUT2D eigenvalue weighted by molar-refractivity contribution is 0.102. The van der Waals surface area contributed by atoms with Gasteiger partial charge in [-0.3, -0.25) is 14.4 Å². The van der Waals surface area contributed by atoms with E-state index in [2.05, 4.69) is 238 Å². The number of nitrogens with zero attached hydrogens (tertiary/aromatic N) is 3. The molecule has 0 radical (unpaired) electrons. The maximum absolute atomic E-state index is 15.5. The predicted molar refractivity (Wildman–Crippen MR) is 406 cm³/mol. The summed E-state index contributed by atoms with van der Waals surface area (Å²) < 4.78 is 6.49. The van der Waals surface area contributed by atoms with Crippen molar-refractivity contribution < 1.29 is 14.0 Å². The van der Waals surface area contributed by atoms with E-state index >= 15 is 9.59 Å². The van der Waals surface area contributed by atoms with Gasteiger partial charge in [0.15, 0.2) is 11.6 Å². The van der Waals surface area contributed by atoms with Crippen molar-refractivity contribution in [1.29, 1.82) is 0 Å². The fraction of sp³-hybridized carbons (Fsp3) is 0.120. The maximum Gasteiger partial charge on any atom is 0.200 e. The van der Waals surface area contributed by atoms with E-state index in [1.807, 2.05) is 117 Å². The molecular weight excluding hydrogens is 1210 g/mol. The summed E-state index contributed by atoms with van der Waals surface area (Å²) in [6, 6.07) is 98.0. The predicted octanol–water partition coefficient (Wildman–Crippen LogP) is 23.4. The summed E-state index contributed by atoms with van der Waals surface area (Å²) in [5, 5.41) is 1.11. The van der Waals surface area contributed by atoms with E-state index < -0.39 is 10.8 Å². The Balaban J connectivity index is 0.785. The molecule has 3 aliphatic heterocycles. The minimum absolute atomic E-state index is 0.0470. The Morgan fingerprint density at radius 2 is 0.707 bits per heavy atom. The number of ketones is 2. The first-order chi connectivity index (χ1) is 47.9. The number of hydrogen-bond donors (Lipinski definition) is 0. The van der Waals surface area contributed by atoms with Gasteiger partial charge in [-0.1, -0.05) is 229 Å². The fourth-order valence-electron chi connectivity index (χ4n) is 16.1. The van der Waals surface area contributed by atoms with Crippen molar-refractivity contribution in [3.05, 3.63) is 362 Å². The zero-order valence-corrected chi connectivity index (χ0v) is 56.6. The Kier molecular flexibility index (Phi) is 14.0. The highest BCUT2D eigenvalue weighted by molar-refractivity contribution is 6.18. The van der Waals surface area contributed by atoms with Crippen molar-refractivity contribution in [3.8, 4) is 33.4 Å². The molecule has 4 heterocycles. The average Bonchev–Trinajstić information content (AvgIpc) is 1.00. The first-order valence-electron chi connectivity index (χ1n) is 34.1. The molecule has 0 fully saturated rings. The Morgan fingerprint density at radius 3 is 1.21 bits per heavy atom. The van der Waals surface area contributed by atoms with Crippen molar-refractivity contribution in [2.75, 3.05) is 14.7 Å². The van der Waals surface area contributed by atoms with Crippen LogP contribution in [0, 0.1) is 13.8 Å². The first-order valence-corrected chi connectivity index (χ1v) is 34.1. The highest BCUT2D eigenvalue weighted by Crippen LogP contribution is 2.58. The monoisotopic (exact) mass is 1280 g/mol. The molecule has 0 bridgehead atoms. The smallest absolute Gasteiger partial charge is 0.200 e. The molecule has 14 aromatic rings. The van der Waals surface area contributed by atoms with Crippen LogP contribution in [0.25, 0.3) is 55.3 Å². The van der Waals surface area contributed by atoms with E-state index in [4.69, 9.17) is 4.42 Å². The highest BCUT2D eigenvalue weighted by atomic mass is 16.3. The topological polar surface area (TPSA) is 74.1 Å². The zero-order valence-electron chi connectivity index (χ0n) is 56.6. The second-order valence-electron chi connectivity index (χ2n) is 28.4. The van der Waals surface area contributed by atoms with Crippen LogP contribution in [0.4, 0.5) is 51.2 Å². The Labute approximate surface area is 577 Å². The molecule has 0 saturated heterocycles. The van der Waals surface area contributed by atoms with Gasteiger partial charge in [0.2, 0.25) is 5.43 Å². The molecule has 0 saturated carbocycles. The molecular formula is C92H71N3O4. The van der Waals surface area contributed by atoms with Crippen LogP contribution in [0.5, 0.6) is 0 Å². The third kappa shape index (κ3) is 9.65. The Bertz CT molecular complexity index is 5690. The van der Waals surface area contributed by atoms with Crippen LogP contribution >= 0.6 is 0 Å². The van der Waals surface area contributed by atoms with Crippen LogP contribution < -0.4 is 20.1 Å². The fourth-order valence-corrected chi connectivity index (χ4v) is 16.1. The van der Waals surface area contributed by atoms with E-state index in [1.54, 1.807) is 0 Å². The highest BCUT2D eigenvalue weighted by Gasteiger charge is 2.42. The molecule has 0 unspecified atom stereocenters. The number of carbonyl (C=O) groups excluding carboxylic acids is 2. The maximum atomic E-state index is 15.5. The molecule has 3 aliphatic rings. The van der Waals surface area contributed by atoms with Crippen LogP contribution in [0.3, 0.4) is 0 Å². The summed E-state index contributed by atoms with van der Waals surface area (Å²) >= 11 is 0. The standard InChI is InChI=1S/C92H71N3O4/c1-56-32-36-60(37-33-56)87(96)71-55-70(72(88(97)61-38-34-57(2)35-39-61)54-69(71)58-40-45-63(46-41-58)93-78-26-14-10-22-73(78)90(3,4)74-23-11-15-27-79(74)93)59-42-47-64(48-43-59)94-80-28-16-12-24-75(80)91(5,6)77-52-62(44-51-82(77)94)66-21-19-30-83-86(66)92(7,8)76-25-13-17-29-81(76)95(83)65-49-50-68-85(53-65)99-84-31-18-9-20-67(84)89(68)98/h9-55H,1-8H3. The lowest BCUT2D eigenvalue weighted by Crippen LogP contribution is -2.32. The minimum atomic E-state index is -0.428. The van der Waals surface area contributed by atoms with E-state index in [9.17, 15) is 4.79 Å². The van der Waals surface area contributed by atoms with Crippen molar-refractivity contribution in [3.63, 3.8) is 0 Å². The van der Waals surface area contributed by atoms with Gasteiger partial charge in [-0.15, -0.1) is 0 Å². The zero-order chi connectivity index (χ0) is 67.8. The van der Waals surface area contributed by atoms with Crippen LogP contribution in [0.1, 0.15) is 118 Å².